The molecule has 0 saturated carbocycles. The van der Waals surface area contributed by atoms with Crippen LogP contribution in [0.2, 0.25) is 0 Å². The maximum Gasteiger partial charge on any atom is 0.0589 e. The van der Waals surface area contributed by atoms with Crippen molar-refractivity contribution in [2.75, 3.05) is 46.4 Å². The zero-order valence-corrected chi connectivity index (χ0v) is 12.4. The van der Waals surface area contributed by atoms with E-state index < -0.39 is 0 Å². The molecule has 0 atom stereocenters. The van der Waals surface area contributed by atoms with Gasteiger partial charge in [-0.25, -0.2) is 0 Å². The first kappa shape index (κ1) is 13.9. The molecule has 1 aliphatic rings. The van der Waals surface area contributed by atoms with Crippen molar-refractivity contribution in [3.05, 3.63) is 28.5 Å². The highest BCUT2D eigenvalue weighted by molar-refractivity contribution is 9.10. The van der Waals surface area contributed by atoms with Gasteiger partial charge in [0.2, 0.25) is 0 Å². The molecule has 2 heterocycles. The van der Waals surface area contributed by atoms with Gasteiger partial charge in [-0.05, 0) is 28.1 Å². The molecule has 1 aliphatic heterocycles. The minimum atomic E-state index is 0.828. The highest BCUT2D eigenvalue weighted by atomic mass is 79.9. The van der Waals surface area contributed by atoms with Crippen LogP contribution in [0.15, 0.2) is 22.8 Å². The van der Waals surface area contributed by atoms with Crippen molar-refractivity contribution in [2.45, 2.75) is 6.54 Å². The van der Waals surface area contributed by atoms with Crippen LogP contribution in [0, 0.1) is 0 Å². The summed E-state index contributed by atoms with van der Waals surface area (Å²) in [6, 6.07) is 4.14. The maximum absolute atomic E-state index is 5.11. The summed E-state index contributed by atoms with van der Waals surface area (Å²) in [6.45, 7) is 7.29. The lowest BCUT2D eigenvalue weighted by Crippen LogP contribution is -2.46. The van der Waals surface area contributed by atoms with Crippen molar-refractivity contribution in [2.24, 2.45) is 0 Å². The Labute approximate surface area is 117 Å². The first-order chi connectivity index (χ1) is 8.78. The second-order valence-corrected chi connectivity index (χ2v) is 5.49. The number of aromatic nitrogens is 1. The second kappa shape index (κ2) is 7.19. The van der Waals surface area contributed by atoms with E-state index in [1.165, 1.54) is 0 Å². The average molecular weight is 314 g/mol. The Balaban J connectivity index is 1.74. The van der Waals surface area contributed by atoms with Gasteiger partial charge in [-0.3, -0.25) is 14.8 Å². The minimum Gasteiger partial charge on any atom is -0.383 e. The van der Waals surface area contributed by atoms with Gasteiger partial charge in [0.25, 0.3) is 0 Å². The number of halogens is 1. The minimum absolute atomic E-state index is 0.828. The van der Waals surface area contributed by atoms with Crippen LogP contribution in [-0.4, -0.2) is 61.2 Å². The Morgan fingerprint density at radius 1 is 1.22 bits per heavy atom. The third kappa shape index (κ3) is 4.31. The summed E-state index contributed by atoms with van der Waals surface area (Å²) >= 11 is 3.41. The predicted octanol–water partition coefficient (Wildman–Crippen LogP) is 1.61. The Bertz CT molecular complexity index is 350. The summed E-state index contributed by atoms with van der Waals surface area (Å²) in [5.74, 6) is 0. The summed E-state index contributed by atoms with van der Waals surface area (Å²) in [7, 11) is 1.76. The van der Waals surface area contributed by atoms with Crippen LogP contribution in [0.25, 0.3) is 0 Å². The van der Waals surface area contributed by atoms with Crippen LogP contribution < -0.4 is 0 Å². The molecule has 100 valence electrons. The van der Waals surface area contributed by atoms with Crippen LogP contribution in [0.4, 0.5) is 0 Å². The van der Waals surface area contributed by atoms with Crippen molar-refractivity contribution >= 4 is 15.9 Å². The average Bonchev–Trinajstić information content (AvgIpc) is 2.41. The van der Waals surface area contributed by atoms with Gasteiger partial charge in [0.15, 0.2) is 0 Å². The van der Waals surface area contributed by atoms with Crippen molar-refractivity contribution in [3.8, 4) is 0 Å². The van der Waals surface area contributed by atoms with Gasteiger partial charge in [-0.1, -0.05) is 0 Å². The normalized spacial score (nSPS) is 18.1. The SMILES string of the molecule is COCCN1CCN(Cc2ccc(Br)cn2)CC1. The molecule has 0 aliphatic carbocycles. The van der Waals surface area contributed by atoms with Crippen molar-refractivity contribution < 1.29 is 4.74 Å². The number of piperazine rings is 1. The number of nitrogens with zero attached hydrogens (tertiary/aromatic N) is 3. The summed E-state index contributed by atoms with van der Waals surface area (Å²) in [4.78, 5) is 9.33. The Morgan fingerprint density at radius 3 is 2.56 bits per heavy atom. The largest absolute Gasteiger partial charge is 0.383 e. The fourth-order valence-electron chi connectivity index (χ4n) is 2.12. The molecule has 18 heavy (non-hydrogen) atoms. The van der Waals surface area contributed by atoms with E-state index in [1.54, 1.807) is 7.11 Å². The highest BCUT2D eigenvalue weighted by Gasteiger charge is 2.16. The van der Waals surface area contributed by atoms with Crippen LogP contribution in [0.1, 0.15) is 5.69 Å². The molecule has 0 unspecified atom stereocenters. The van der Waals surface area contributed by atoms with Crippen LogP contribution in [-0.2, 0) is 11.3 Å². The number of pyridine rings is 1. The van der Waals surface area contributed by atoms with E-state index in [0.29, 0.717) is 0 Å². The standard InChI is InChI=1S/C13H20BrN3O/c1-18-9-8-16-4-6-17(7-5-16)11-13-3-2-12(14)10-15-13/h2-3,10H,4-9,11H2,1H3. The molecular weight excluding hydrogens is 294 g/mol. The molecule has 1 fully saturated rings. The Kier molecular flexibility index (Phi) is 5.56. The Hall–Kier alpha value is -0.490. The molecule has 0 aromatic carbocycles. The fraction of sp³-hybridized carbons (Fsp3) is 0.615. The molecular formula is C13H20BrN3O. The number of rotatable bonds is 5. The quantitative estimate of drug-likeness (QED) is 0.826. The van der Waals surface area contributed by atoms with E-state index in [9.17, 15) is 0 Å². The van der Waals surface area contributed by atoms with Crippen molar-refractivity contribution in [3.63, 3.8) is 0 Å². The summed E-state index contributed by atoms with van der Waals surface area (Å²) in [6.07, 6.45) is 1.87. The lowest BCUT2D eigenvalue weighted by molar-refractivity contribution is 0.0932. The lowest BCUT2D eigenvalue weighted by atomic mass is 10.2. The molecule has 1 saturated heterocycles. The Morgan fingerprint density at radius 2 is 1.94 bits per heavy atom. The predicted molar refractivity (Wildman–Crippen MR) is 75.5 cm³/mol. The summed E-state index contributed by atoms with van der Waals surface area (Å²) in [5, 5.41) is 0. The second-order valence-electron chi connectivity index (χ2n) is 4.58. The first-order valence-electron chi connectivity index (χ1n) is 6.32. The van der Waals surface area contributed by atoms with E-state index >= 15 is 0 Å². The van der Waals surface area contributed by atoms with Crippen LogP contribution >= 0.6 is 15.9 Å². The van der Waals surface area contributed by atoms with E-state index in [1.807, 2.05) is 6.20 Å². The van der Waals surface area contributed by atoms with Crippen LogP contribution in [0.3, 0.4) is 0 Å². The zero-order valence-electron chi connectivity index (χ0n) is 10.8. The van der Waals surface area contributed by atoms with Gasteiger partial charge in [0, 0.05) is 57.0 Å². The van der Waals surface area contributed by atoms with Crippen molar-refractivity contribution in [1.82, 2.24) is 14.8 Å². The molecule has 0 spiro atoms. The number of ether oxygens (including phenoxy) is 1. The van der Waals surface area contributed by atoms with Gasteiger partial charge < -0.3 is 4.74 Å². The molecule has 1 aromatic heterocycles. The van der Waals surface area contributed by atoms with E-state index in [0.717, 1.165) is 56.0 Å². The number of hydrogen-bond donors (Lipinski definition) is 0. The van der Waals surface area contributed by atoms with E-state index in [2.05, 4.69) is 42.8 Å². The van der Waals surface area contributed by atoms with E-state index in [4.69, 9.17) is 4.74 Å². The zero-order chi connectivity index (χ0) is 12.8. The molecule has 5 heteroatoms. The molecule has 0 radical (unpaired) electrons. The van der Waals surface area contributed by atoms with E-state index in [-0.39, 0.29) is 0 Å². The van der Waals surface area contributed by atoms with Gasteiger partial charge in [0.1, 0.15) is 0 Å². The monoisotopic (exact) mass is 313 g/mol. The van der Waals surface area contributed by atoms with Gasteiger partial charge in [-0.2, -0.15) is 0 Å². The number of hydrogen-bond acceptors (Lipinski definition) is 4. The molecule has 2 rings (SSSR count). The van der Waals surface area contributed by atoms with Crippen LogP contribution in [0.5, 0.6) is 0 Å². The molecule has 1 aromatic rings. The molecule has 4 nitrogen and oxygen atoms in total. The first-order valence-corrected chi connectivity index (χ1v) is 7.11. The smallest absolute Gasteiger partial charge is 0.0589 e. The van der Waals surface area contributed by atoms with Gasteiger partial charge >= 0.3 is 0 Å². The molecule has 0 bridgehead atoms. The van der Waals surface area contributed by atoms with Gasteiger partial charge in [0.05, 0.1) is 12.3 Å². The highest BCUT2D eigenvalue weighted by Crippen LogP contribution is 2.10. The van der Waals surface area contributed by atoms with Gasteiger partial charge in [-0.15, -0.1) is 0 Å². The fourth-order valence-corrected chi connectivity index (χ4v) is 2.36. The summed E-state index contributed by atoms with van der Waals surface area (Å²) in [5.41, 5.74) is 1.14. The molecule has 0 N–H and O–H groups in total. The summed E-state index contributed by atoms with van der Waals surface area (Å²) < 4.78 is 6.15. The third-order valence-electron chi connectivity index (χ3n) is 3.25. The maximum atomic E-state index is 5.11. The molecule has 0 amide bonds. The lowest BCUT2D eigenvalue weighted by Gasteiger charge is -2.34. The van der Waals surface area contributed by atoms with Crippen molar-refractivity contribution in [1.29, 1.82) is 0 Å². The topological polar surface area (TPSA) is 28.6 Å². The third-order valence-corrected chi connectivity index (χ3v) is 3.72. The number of methoxy groups -OCH3 is 1.